The number of hydrogen-bond donors (Lipinski definition) is 1. The minimum absolute atomic E-state index is 0.0500. The first-order valence-corrected chi connectivity index (χ1v) is 11.9. The molecule has 0 atom stereocenters. The van der Waals surface area contributed by atoms with Gasteiger partial charge in [0.1, 0.15) is 15.8 Å². The fourth-order valence-corrected chi connectivity index (χ4v) is 5.50. The van der Waals surface area contributed by atoms with E-state index < -0.39 is 0 Å². The molecule has 2 fully saturated rings. The maximum Gasteiger partial charge on any atom is 0.267 e. The predicted molar refractivity (Wildman–Crippen MR) is 132 cm³/mol. The number of nitrogens with zero attached hydrogens (tertiary/aromatic N) is 5. The van der Waals surface area contributed by atoms with E-state index in [1.807, 2.05) is 32.9 Å². The molecule has 0 bridgehead atoms. The molecule has 2 aliphatic rings. The Morgan fingerprint density at radius 3 is 2.56 bits per heavy atom. The van der Waals surface area contributed by atoms with Crippen molar-refractivity contribution in [2.45, 2.75) is 26.8 Å². The second-order valence-corrected chi connectivity index (χ2v) is 9.96. The van der Waals surface area contributed by atoms with Gasteiger partial charge in [-0.3, -0.25) is 23.8 Å². The van der Waals surface area contributed by atoms with Gasteiger partial charge < -0.3 is 10.0 Å². The number of β-amino-alcohol motifs (C(OH)–C–C–N with tert-alkyl or cyclic N) is 1. The van der Waals surface area contributed by atoms with Crippen LogP contribution in [0.1, 0.15) is 25.0 Å². The van der Waals surface area contributed by atoms with Crippen LogP contribution < -0.4 is 10.5 Å². The number of hydrogen-bond acceptors (Lipinski definition) is 8. The van der Waals surface area contributed by atoms with Gasteiger partial charge in [-0.15, -0.1) is 0 Å². The maximum absolute atomic E-state index is 13.5. The van der Waals surface area contributed by atoms with Crippen LogP contribution in [0.4, 0.5) is 5.82 Å². The van der Waals surface area contributed by atoms with Gasteiger partial charge in [0.15, 0.2) is 0 Å². The molecule has 32 heavy (non-hydrogen) atoms. The van der Waals surface area contributed by atoms with Gasteiger partial charge >= 0.3 is 0 Å². The summed E-state index contributed by atoms with van der Waals surface area (Å²) in [7, 11) is 0. The van der Waals surface area contributed by atoms with Crippen LogP contribution in [0.3, 0.4) is 0 Å². The molecule has 170 valence electrons. The minimum atomic E-state index is -0.207. The topological polar surface area (TPSA) is 81.4 Å². The first kappa shape index (κ1) is 22.9. The number of thioether (sulfide) groups is 1. The van der Waals surface area contributed by atoms with E-state index in [9.17, 15) is 14.7 Å². The molecule has 2 saturated heterocycles. The van der Waals surface area contributed by atoms with Crippen molar-refractivity contribution in [3.05, 3.63) is 44.7 Å². The summed E-state index contributed by atoms with van der Waals surface area (Å²) in [6.45, 7) is 9.41. The van der Waals surface area contributed by atoms with Crippen molar-refractivity contribution in [3.63, 3.8) is 0 Å². The van der Waals surface area contributed by atoms with Crippen LogP contribution in [0, 0.1) is 6.92 Å². The zero-order valence-corrected chi connectivity index (χ0v) is 20.1. The zero-order chi connectivity index (χ0) is 23.0. The summed E-state index contributed by atoms with van der Waals surface area (Å²) in [5, 5.41) is 9.22. The van der Waals surface area contributed by atoms with Crippen LogP contribution >= 0.6 is 24.0 Å². The number of carbonyl (C=O) groups excluding carboxylic acids is 1. The van der Waals surface area contributed by atoms with E-state index in [0.717, 1.165) is 18.7 Å². The number of rotatable bonds is 5. The Morgan fingerprint density at radius 1 is 1.22 bits per heavy atom. The fraction of sp³-hybridized carbons (Fsp3) is 0.455. The van der Waals surface area contributed by atoms with E-state index in [1.165, 1.54) is 16.2 Å². The quantitative estimate of drug-likeness (QED) is 0.520. The largest absolute Gasteiger partial charge is 0.395 e. The Balaban J connectivity index is 1.81. The molecule has 0 radical (unpaired) electrons. The minimum Gasteiger partial charge on any atom is -0.395 e. The predicted octanol–water partition coefficient (Wildman–Crippen LogP) is 1.73. The molecular formula is C22H27N5O3S2. The summed E-state index contributed by atoms with van der Waals surface area (Å²) in [6, 6.07) is 3.72. The van der Waals surface area contributed by atoms with Gasteiger partial charge in [-0.25, -0.2) is 4.98 Å². The number of anilines is 1. The average molecular weight is 474 g/mol. The molecule has 2 aliphatic heterocycles. The number of piperazine rings is 1. The number of thiocarbonyl (C=S) groups is 1. The first-order chi connectivity index (χ1) is 15.3. The maximum atomic E-state index is 13.5. The first-order valence-electron chi connectivity index (χ1n) is 10.7. The summed E-state index contributed by atoms with van der Waals surface area (Å²) in [5.41, 5.74) is 1.71. The van der Waals surface area contributed by atoms with Gasteiger partial charge in [0.2, 0.25) is 0 Å². The van der Waals surface area contributed by atoms with Crippen molar-refractivity contribution in [1.29, 1.82) is 0 Å². The van der Waals surface area contributed by atoms with Gasteiger partial charge in [-0.2, -0.15) is 0 Å². The lowest BCUT2D eigenvalue weighted by Gasteiger charge is -2.35. The highest BCUT2D eigenvalue weighted by molar-refractivity contribution is 8.26. The molecule has 0 unspecified atom stereocenters. The highest BCUT2D eigenvalue weighted by Gasteiger charge is 2.34. The van der Waals surface area contributed by atoms with Crippen LogP contribution in [-0.2, 0) is 4.79 Å². The molecule has 0 aliphatic carbocycles. The summed E-state index contributed by atoms with van der Waals surface area (Å²) >= 11 is 6.62. The monoisotopic (exact) mass is 473 g/mol. The Kier molecular flexibility index (Phi) is 6.66. The van der Waals surface area contributed by atoms with E-state index in [2.05, 4.69) is 9.80 Å². The summed E-state index contributed by atoms with van der Waals surface area (Å²) in [5.74, 6) is 0.403. The Hall–Kier alpha value is -2.27. The standard InChI is InChI=1S/C22H27N5O3S2/c1-14(2)27-21(30)17(32-22(27)31)12-16-19(25-8-6-24(7-9-25)10-11-28)23-18-5-4-15(3)13-26(18)20(16)29/h4-5,12-14,28H,6-11H2,1-3H3. The molecular weight excluding hydrogens is 446 g/mol. The summed E-state index contributed by atoms with van der Waals surface area (Å²) in [6.07, 6.45) is 3.42. The second-order valence-electron chi connectivity index (χ2n) is 8.29. The van der Waals surface area contributed by atoms with Crippen molar-refractivity contribution >= 4 is 51.7 Å². The third-order valence-electron chi connectivity index (χ3n) is 5.69. The number of pyridine rings is 1. The summed E-state index contributed by atoms with van der Waals surface area (Å²) < 4.78 is 2.04. The lowest BCUT2D eigenvalue weighted by molar-refractivity contribution is -0.123. The molecule has 0 aromatic carbocycles. The van der Waals surface area contributed by atoms with Gasteiger partial charge in [0.25, 0.3) is 11.5 Å². The smallest absolute Gasteiger partial charge is 0.267 e. The van der Waals surface area contributed by atoms with Crippen molar-refractivity contribution in [3.8, 4) is 0 Å². The number of carbonyl (C=O) groups is 1. The van der Waals surface area contributed by atoms with E-state index in [4.69, 9.17) is 17.2 Å². The third-order valence-corrected chi connectivity index (χ3v) is 7.02. The lowest BCUT2D eigenvalue weighted by Crippen LogP contribution is -2.48. The van der Waals surface area contributed by atoms with Crippen LogP contribution in [0.2, 0.25) is 0 Å². The Morgan fingerprint density at radius 2 is 1.94 bits per heavy atom. The zero-order valence-electron chi connectivity index (χ0n) is 18.4. The van der Waals surface area contributed by atoms with Crippen LogP contribution in [-0.4, -0.2) is 79.9 Å². The molecule has 1 N–H and O–H groups in total. The van der Waals surface area contributed by atoms with E-state index in [1.54, 1.807) is 17.2 Å². The Labute approximate surface area is 196 Å². The van der Waals surface area contributed by atoms with Crippen molar-refractivity contribution < 1.29 is 9.90 Å². The fourth-order valence-electron chi connectivity index (χ4n) is 4.00. The molecule has 0 spiro atoms. The molecule has 1 amide bonds. The number of fused-ring (bicyclic) bond motifs is 1. The Bertz CT molecular complexity index is 1150. The van der Waals surface area contributed by atoms with Crippen molar-refractivity contribution in [2.24, 2.45) is 0 Å². The second kappa shape index (κ2) is 9.30. The van der Waals surface area contributed by atoms with Gasteiger partial charge in [-0.1, -0.05) is 30.0 Å². The van der Waals surface area contributed by atoms with Crippen molar-refractivity contribution in [2.75, 3.05) is 44.2 Å². The molecule has 4 rings (SSSR count). The van der Waals surface area contributed by atoms with E-state index in [-0.39, 0.29) is 24.1 Å². The number of amides is 1. The van der Waals surface area contributed by atoms with E-state index in [0.29, 0.717) is 45.9 Å². The van der Waals surface area contributed by atoms with Crippen LogP contribution in [0.15, 0.2) is 28.0 Å². The van der Waals surface area contributed by atoms with Gasteiger partial charge in [0.05, 0.1) is 17.1 Å². The van der Waals surface area contributed by atoms with Crippen LogP contribution in [0.25, 0.3) is 11.7 Å². The molecule has 10 heteroatoms. The number of aromatic nitrogens is 2. The average Bonchev–Trinajstić information content (AvgIpc) is 3.04. The molecule has 2 aromatic rings. The van der Waals surface area contributed by atoms with Gasteiger partial charge in [0, 0.05) is 45.0 Å². The lowest BCUT2D eigenvalue weighted by atomic mass is 10.2. The number of aliphatic hydroxyl groups is 1. The third kappa shape index (κ3) is 4.32. The van der Waals surface area contributed by atoms with Gasteiger partial charge in [-0.05, 0) is 38.5 Å². The highest BCUT2D eigenvalue weighted by Crippen LogP contribution is 2.34. The van der Waals surface area contributed by atoms with E-state index >= 15 is 0 Å². The normalized spacial score (nSPS) is 19.2. The molecule has 8 nitrogen and oxygen atoms in total. The number of aryl methyl sites for hydroxylation is 1. The van der Waals surface area contributed by atoms with Crippen LogP contribution in [0.5, 0.6) is 0 Å². The summed E-state index contributed by atoms with van der Waals surface area (Å²) in [4.78, 5) is 37.6. The SMILES string of the molecule is Cc1ccc2nc(N3CCN(CCO)CC3)c(C=C3SC(=S)N(C(C)C)C3=O)c(=O)n2c1. The highest BCUT2D eigenvalue weighted by atomic mass is 32.2. The molecule has 0 saturated carbocycles. The van der Waals surface area contributed by atoms with Crippen molar-refractivity contribution in [1.82, 2.24) is 19.2 Å². The molecule has 4 heterocycles. The number of aliphatic hydroxyl groups excluding tert-OH is 1. The molecule has 2 aromatic heterocycles.